The highest BCUT2D eigenvalue weighted by Gasteiger charge is 2.26. The summed E-state index contributed by atoms with van der Waals surface area (Å²) in [5, 5.41) is 3.91. The largest absolute Gasteiger partial charge is 0.351 e. The van der Waals surface area contributed by atoms with Crippen molar-refractivity contribution < 1.29 is 16.8 Å². The van der Waals surface area contributed by atoms with E-state index in [1.165, 1.54) is 21.9 Å². The van der Waals surface area contributed by atoms with Crippen molar-refractivity contribution >= 4 is 64.6 Å². The summed E-state index contributed by atoms with van der Waals surface area (Å²) in [5.74, 6) is 0.164. The van der Waals surface area contributed by atoms with Crippen LogP contribution in [0.2, 0.25) is 0 Å². The van der Waals surface area contributed by atoms with Crippen molar-refractivity contribution in [1.82, 2.24) is 9.88 Å². The molecule has 184 valence electrons. The highest BCUT2D eigenvalue weighted by molar-refractivity contribution is 8.15. The quantitative estimate of drug-likeness (QED) is 0.423. The van der Waals surface area contributed by atoms with Gasteiger partial charge in [0.15, 0.2) is 0 Å². The van der Waals surface area contributed by atoms with E-state index in [2.05, 4.69) is 4.98 Å². The van der Waals surface area contributed by atoms with E-state index in [-0.39, 0.29) is 5.75 Å². The van der Waals surface area contributed by atoms with Gasteiger partial charge in [0.2, 0.25) is 0 Å². The number of sulfonamides is 1. The maximum atomic E-state index is 13.0. The fourth-order valence-electron chi connectivity index (χ4n) is 3.71. The Morgan fingerprint density at radius 3 is 2.62 bits per heavy atom. The lowest BCUT2D eigenvalue weighted by atomic mass is 10.2. The Labute approximate surface area is 209 Å². The summed E-state index contributed by atoms with van der Waals surface area (Å²) in [7, 11) is -3.09. The number of thiophene rings is 1. The zero-order chi connectivity index (χ0) is 24.5. The number of thioether (sulfide) groups is 1. The minimum absolute atomic E-state index is 0.164. The highest BCUT2D eigenvalue weighted by atomic mass is 32.2. The van der Waals surface area contributed by atoms with Crippen LogP contribution in [0, 0.1) is 0 Å². The van der Waals surface area contributed by atoms with Crippen molar-refractivity contribution in [3.8, 4) is 0 Å². The van der Waals surface area contributed by atoms with Crippen LogP contribution in [0.5, 0.6) is 0 Å². The van der Waals surface area contributed by atoms with Gasteiger partial charge >= 0.3 is 0 Å². The van der Waals surface area contributed by atoms with Crippen LogP contribution in [-0.4, -0.2) is 82.8 Å². The monoisotopic (exact) mass is 540 g/mol. The lowest BCUT2D eigenvalue weighted by Gasteiger charge is -2.19. The van der Waals surface area contributed by atoms with Gasteiger partial charge in [-0.2, -0.15) is 0 Å². The van der Waals surface area contributed by atoms with Crippen molar-refractivity contribution in [2.45, 2.75) is 15.9 Å². The summed E-state index contributed by atoms with van der Waals surface area (Å²) in [4.78, 5) is 10.1. The van der Waals surface area contributed by atoms with Gasteiger partial charge < -0.3 is 9.88 Å². The van der Waals surface area contributed by atoms with Crippen molar-refractivity contribution in [1.29, 1.82) is 0 Å². The van der Waals surface area contributed by atoms with Crippen molar-refractivity contribution in [3.05, 3.63) is 47.5 Å². The third-order valence-corrected chi connectivity index (χ3v) is 11.1. The highest BCUT2D eigenvalue weighted by Crippen LogP contribution is 2.34. The van der Waals surface area contributed by atoms with E-state index in [1.807, 2.05) is 30.1 Å². The maximum absolute atomic E-state index is 13.0. The average Bonchev–Trinajstić information content (AvgIpc) is 3.54. The summed E-state index contributed by atoms with van der Waals surface area (Å²) in [6.45, 7) is 2.03. The molecule has 1 aliphatic rings. The average molecular weight is 541 g/mol. The van der Waals surface area contributed by atoms with Crippen LogP contribution in [-0.2, 0) is 19.9 Å². The molecule has 12 heteroatoms. The molecule has 0 radical (unpaired) electrons. The van der Waals surface area contributed by atoms with Crippen LogP contribution < -0.4 is 4.31 Å². The Morgan fingerprint density at radius 2 is 1.91 bits per heavy atom. The van der Waals surface area contributed by atoms with Crippen LogP contribution in [0.15, 0.2) is 51.0 Å². The minimum atomic E-state index is -3.63. The zero-order valence-electron chi connectivity index (χ0n) is 19.3. The number of anilines is 1. The number of benzene rings is 1. The lowest BCUT2D eigenvalue weighted by Crippen LogP contribution is -2.28. The SMILES string of the molecule is CN(CCC1CN=C(c2cc3cccc(N(C)S(=O)(=O)c4cccs4)c3[nH]2)S1)CCS(C)(=O)=O. The summed E-state index contributed by atoms with van der Waals surface area (Å²) in [6, 6.07) is 11.0. The molecule has 1 aromatic carbocycles. The molecule has 0 amide bonds. The van der Waals surface area contributed by atoms with Gasteiger partial charge in [-0.1, -0.05) is 30.0 Å². The number of H-pyrrole nitrogens is 1. The lowest BCUT2D eigenvalue weighted by molar-refractivity contribution is 0.347. The molecule has 1 N–H and O–H groups in total. The number of sulfone groups is 1. The molecular formula is C22H28N4O4S4. The molecule has 1 unspecified atom stereocenters. The van der Waals surface area contributed by atoms with Crippen LogP contribution in [0.25, 0.3) is 10.9 Å². The molecule has 34 heavy (non-hydrogen) atoms. The summed E-state index contributed by atoms with van der Waals surface area (Å²) < 4.78 is 50.4. The van der Waals surface area contributed by atoms with Crippen LogP contribution in [0.3, 0.4) is 0 Å². The number of fused-ring (bicyclic) bond motifs is 1. The fourth-order valence-corrected chi connectivity index (χ4v) is 7.79. The first-order valence-electron chi connectivity index (χ1n) is 10.8. The molecule has 0 bridgehead atoms. The number of aliphatic imine (C=N–C) groups is 1. The van der Waals surface area contributed by atoms with Crippen molar-refractivity contribution in [2.24, 2.45) is 4.99 Å². The van der Waals surface area contributed by atoms with Crippen LogP contribution >= 0.6 is 23.1 Å². The van der Waals surface area contributed by atoms with Crippen molar-refractivity contribution in [3.63, 3.8) is 0 Å². The summed E-state index contributed by atoms with van der Waals surface area (Å²) >= 11 is 2.91. The summed E-state index contributed by atoms with van der Waals surface area (Å²) in [6.07, 6.45) is 2.17. The first-order valence-corrected chi connectivity index (χ1v) is 16.0. The van der Waals surface area contributed by atoms with E-state index in [9.17, 15) is 16.8 Å². The Kier molecular flexibility index (Phi) is 7.44. The Balaban J connectivity index is 1.45. The molecule has 0 fully saturated rings. The molecule has 0 aliphatic carbocycles. The molecule has 1 atom stereocenters. The normalized spacial score (nSPS) is 16.9. The van der Waals surface area contributed by atoms with E-state index in [4.69, 9.17) is 4.99 Å². The molecule has 1 aliphatic heterocycles. The maximum Gasteiger partial charge on any atom is 0.273 e. The molecule has 0 saturated carbocycles. The Hall–Kier alpha value is -1.86. The number of para-hydroxylation sites is 1. The number of hydrogen-bond donors (Lipinski definition) is 1. The molecule has 3 aromatic rings. The van der Waals surface area contributed by atoms with Crippen LogP contribution in [0.4, 0.5) is 5.69 Å². The molecule has 0 spiro atoms. The topological polar surface area (TPSA) is 103 Å². The first kappa shape index (κ1) is 25.2. The molecular weight excluding hydrogens is 513 g/mol. The molecule has 3 heterocycles. The van der Waals surface area contributed by atoms with Crippen LogP contribution in [0.1, 0.15) is 12.1 Å². The Bertz CT molecular complexity index is 1400. The third-order valence-electron chi connectivity index (χ3n) is 5.71. The first-order chi connectivity index (χ1) is 16.0. The second-order valence-corrected chi connectivity index (χ2v) is 15.1. The molecule has 4 rings (SSSR count). The van der Waals surface area contributed by atoms with E-state index in [0.717, 1.165) is 34.6 Å². The molecule has 0 saturated heterocycles. The van der Waals surface area contributed by atoms with E-state index >= 15 is 0 Å². The number of aromatic nitrogens is 1. The van der Waals surface area contributed by atoms with E-state index in [0.29, 0.717) is 28.2 Å². The van der Waals surface area contributed by atoms with Gasteiger partial charge in [-0.15, -0.1) is 11.3 Å². The molecule has 8 nitrogen and oxygen atoms in total. The summed E-state index contributed by atoms with van der Waals surface area (Å²) in [5.41, 5.74) is 2.22. The van der Waals surface area contributed by atoms with Gasteiger partial charge in [0.1, 0.15) is 19.1 Å². The van der Waals surface area contributed by atoms with Gasteiger partial charge in [0.05, 0.1) is 29.2 Å². The predicted octanol–water partition coefficient (Wildman–Crippen LogP) is 3.28. The van der Waals surface area contributed by atoms with Gasteiger partial charge in [-0.25, -0.2) is 16.8 Å². The van der Waals surface area contributed by atoms with Gasteiger partial charge in [-0.05, 0) is 43.6 Å². The van der Waals surface area contributed by atoms with Gasteiger partial charge in [0, 0.05) is 30.5 Å². The fraction of sp³-hybridized carbons (Fsp3) is 0.409. The van der Waals surface area contributed by atoms with E-state index in [1.54, 1.807) is 42.4 Å². The number of nitrogens with one attached hydrogen (secondary N) is 1. The smallest absolute Gasteiger partial charge is 0.273 e. The number of nitrogens with zero attached hydrogens (tertiary/aromatic N) is 3. The zero-order valence-corrected chi connectivity index (χ0v) is 22.5. The number of aromatic amines is 1. The van der Waals surface area contributed by atoms with E-state index < -0.39 is 19.9 Å². The van der Waals surface area contributed by atoms with Gasteiger partial charge in [0.25, 0.3) is 10.0 Å². The predicted molar refractivity (Wildman–Crippen MR) is 143 cm³/mol. The van der Waals surface area contributed by atoms with Gasteiger partial charge in [-0.3, -0.25) is 9.30 Å². The second-order valence-electron chi connectivity index (χ2n) is 8.44. The number of rotatable bonds is 10. The number of hydrogen-bond acceptors (Lipinski definition) is 8. The third kappa shape index (κ3) is 5.68. The van der Waals surface area contributed by atoms with Crippen molar-refractivity contribution in [2.75, 3.05) is 50.0 Å². The second kappa shape index (κ2) is 10.0. The molecule has 2 aromatic heterocycles. The minimum Gasteiger partial charge on any atom is -0.351 e. The standard InChI is InChI=1S/C22H28N4O4S4/c1-25(11-13-33(3,27)28)10-9-17-15-23-22(32-17)18-14-16-6-4-7-19(21(16)24-18)26(2)34(29,30)20-8-5-12-31-20/h4-8,12,14,17,24H,9-11,13,15H2,1-3H3. The Morgan fingerprint density at radius 1 is 1.12 bits per heavy atom.